The first-order chi connectivity index (χ1) is 7.04. The predicted octanol–water partition coefficient (Wildman–Crippen LogP) is 2.40. The van der Waals surface area contributed by atoms with Crippen molar-refractivity contribution in [2.24, 2.45) is 0 Å². The minimum absolute atomic E-state index is 0.0222. The molecule has 0 unspecified atom stereocenters. The number of ether oxygens (including phenoxy) is 1. The third kappa shape index (κ3) is 3.20. The summed E-state index contributed by atoms with van der Waals surface area (Å²) in [6, 6.07) is 2.32. The van der Waals surface area contributed by atoms with Crippen molar-refractivity contribution in [2.45, 2.75) is 13.3 Å². The van der Waals surface area contributed by atoms with Gasteiger partial charge in [-0.3, -0.25) is 4.79 Å². The predicted molar refractivity (Wildman–Crippen MR) is 56.1 cm³/mol. The maximum Gasteiger partial charge on any atom is 0.310 e. The van der Waals surface area contributed by atoms with Crippen LogP contribution in [0.25, 0.3) is 0 Å². The van der Waals surface area contributed by atoms with Crippen molar-refractivity contribution in [1.82, 2.24) is 0 Å². The van der Waals surface area contributed by atoms with Gasteiger partial charge in [0, 0.05) is 4.47 Å². The van der Waals surface area contributed by atoms with Crippen molar-refractivity contribution in [3.8, 4) is 5.75 Å². The number of benzene rings is 1. The second kappa shape index (κ2) is 5.11. The van der Waals surface area contributed by atoms with Crippen LogP contribution in [0.5, 0.6) is 5.75 Å². The number of rotatable bonds is 3. The third-order valence-corrected chi connectivity index (χ3v) is 2.49. The Labute approximate surface area is 95.0 Å². The van der Waals surface area contributed by atoms with E-state index in [1.54, 1.807) is 6.92 Å². The molecule has 1 rings (SSSR count). The monoisotopic (exact) mass is 276 g/mol. The Hall–Kier alpha value is -1.10. The molecule has 3 nitrogen and oxygen atoms in total. The zero-order valence-corrected chi connectivity index (χ0v) is 9.67. The van der Waals surface area contributed by atoms with E-state index in [9.17, 15) is 9.18 Å². The topological polar surface area (TPSA) is 46.5 Å². The number of hydrogen-bond donors (Lipinski definition) is 1. The fourth-order valence-electron chi connectivity index (χ4n) is 1.08. The molecule has 0 bridgehead atoms. The fraction of sp³-hybridized carbons (Fsp3) is 0.300. The summed E-state index contributed by atoms with van der Waals surface area (Å²) < 4.78 is 18.2. The Kier molecular flexibility index (Phi) is 4.08. The van der Waals surface area contributed by atoms with Crippen molar-refractivity contribution in [3.05, 3.63) is 28.0 Å². The largest absolute Gasteiger partial charge is 0.505 e. The molecule has 1 N–H and O–H groups in total. The van der Waals surface area contributed by atoms with Gasteiger partial charge in [-0.25, -0.2) is 4.39 Å². The summed E-state index contributed by atoms with van der Waals surface area (Å²) in [5.41, 5.74) is 0.448. The molecule has 0 amide bonds. The maximum atomic E-state index is 13.0. The first kappa shape index (κ1) is 12.0. The van der Waals surface area contributed by atoms with Gasteiger partial charge >= 0.3 is 5.97 Å². The first-order valence-electron chi connectivity index (χ1n) is 4.37. The zero-order chi connectivity index (χ0) is 11.4. The summed E-state index contributed by atoms with van der Waals surface area (Å²) in [6.07, 6.45) is -0.0222. The van der Waals surface area contributed by atoms with Gasteiger partial charge < -0.3 is 9.84 Å². The van der Waals surface area contributed by atoms with E-state index in [1.165, 1.54) is 6.07 Å². The Balaban J connectivity index is 2.86. The molecule has 82 valence electrons. The molecule has 0 spiro atoms. The molecule has 0 aliphatic carbocycles. The number of aromatic hydroxyl groups is 1. The van der Waals surface area contributed by atoms with Gasteiger partial charge in [0.15, 0.2) is 11.6 Å². The van der Waals surface area contributed by atoms with Crippen molar-refractivity contribution in [2.75, 3.05) is 6.61 Å². The molecule has 0 aromatic heterocycles. The van der Waals surface area contributed by atoms with E-state index in [0.29, 0.717) is 10.0 Å². The van der Waals surface area contributed by atoms with Crippen LogP contribution in [0.1, 0.15) is 12.5 Å². The van der Waals surface area contributed by atoms with Crippen molar-refractivity contribution in [3.63, 3.8) is 0 Å². The van der Waals surface area contributed by atoms with Gasteiger partial charge in [0.05, 0.1) is 13.0 Å². The van der Waals surface area contributed by atoms with E-state index in [2.05, 4.69) is 15.9 Å². The van der Waals surface area contributed by atoms with E-state index >= 15 is 0 Å². The van der Waals surface area contributed by atoms with Crippen LogP contribution in [0.2, 0.25) is 0 Å². The highest BCUT2D eigenvalue weighted by Gasteiger charge is 2.11. The van der Waals surface area contributed by atoms with Gasteiger partial charge in [0.2, 0.25) is 0 Å². The van der Waals surface area contributed by atoms with E-state index in [0.717, 1.165) is 6.07 Å². The van der Waals surface area contributed by atoms with Gasteiger partial charge in [-0.1, -0.05) is 15.9 Å². The van der Waals surface area contributed by atoms with Crippen molar-refractivity contribution < 1.29 is 19.0 Å². The Morgan fingerprint density at radius 3 is 2.87 bits per heavy atom. The Bertz CT molecular complexity index is 379. The number of phenolic OH excluding ortho intramolecular Hbond substituents is 1. The Morgan fingerprint density at radius 2 is 2.27 bits per heavy atom. The minimum Gasteiger partial charge on any atom is -0.505 e. The number of carbonyl (C=O) groups excluding carboxylic acids is 1. The smallest absolute Gasteiger partial charge is 0.310 e. The second-order valence-electron chi connectivity index (χ2n) is 2.88. The molecule has 0 heterocycles. The van der Waals surface area contributed by atoms with Crippen LogP contribution < -0.4 is 0 Å². The Morgan fingerprint density at radius 1 is 1.60 bits per heavy atom. The lowest BCUT2D eigenvalue weighted by Crippen LogP contribution is -2.08. The number of carbonyl (C=O) groups is 1. The van der Waals surface area contributed by atoms with Crippen LogP contribution in [-0.4, -0.2) is 17.7 Å². The van der Waals surface area contributed by atoms with E-state index in [-0.39, 0.29) is 13.0 Å². The maximum absolute atomic E-state index is 13.0. The summed E-state index contributed by atoms with van der Waals surface area (Å²) in [5, 5.41) is 9.04. The zero-order valence-electron chi connectivity index (χ0n) is 8.09. The van der Waals surface area contributed by atoms with Crippen molar-refractivity contribution >= 4 is 21.9 Å². The molecule has 1 aromatic carbocycles. The van der Waals surface area contributed by atoms with Gasteiger partial charge in [-0.2, -0.15) is 0 Å². The van der Waals surface area contributed by atoms with E-state index in [4.69, 9.17) is 9.84 Å². The highest BCUT2D eigenvalue weighted by molar-refractivity contribution is 9.10. The molecule has 0 aliphatic heterocycles. The number of halogens is 2. The molecule has 0 saturated heterocycles. The van der Waals surface area contributed by atoms with Crippen LogP contribution >= 0.6 is 15.9 Å². The molecule has 0 radical (unpaired) electrons. The van der Waals surface area contributed by atoms with E-state index in [1.807, 2.05) is 0 Å². The molecule has 0 aliphatic rings. The van der Waals surface area contributed by atoms with Crippen LogP contribution in [0.3, 0.4) is 0 Å². The molecular weight excluding hydrogens is 267 g/mol. The lowest BCUT2D eigenvalue weighted by Gasteiger charge is -2.05. The highest BCUT2D eigenvalue weighted by Crippen LogP contribution is 2.25. The number of esters is 1. The second-order valence-corrected chi connectivity index (χ2v) is 3.73. The molecular formula is C10H10BrFO3. The third-order valence-electron chi connectivity index (χ3n) is 1.76. The lowest BCUT2D eigenvalue weighted by atomic mass is 10.1. The van der Waals surface area contributed by atoms with Gasteiger partial charge in [0.25, 0.3) is 0 Å². The minimum atomic E-state index is -0.752. The summed E-state index contributed by atoms with van der Waals surface area (Å²) in [7, 11) is 0. The fourth-order valence-corrected chi connectivity index (χ4v) is 1.55. The quantitative estimate of drug-likeness (QED) is 0.863. The average Bonchev–Trinajstić information content (AvgIpc) is 2.14. The molecule has 0 saturated carbocycles. The molecule has 0 atom stereocenters. The van der Waals surface area contributed by atoms with Crippen LogP contribution in [0.15, 0.2) is 16.6 Å². The van der Waals surface area contributed by atoms with Crippen LogP contribution in [-0.2, 0) is 16.0 Å². The van der Waals surface area contributed by atoms with Crippen LogP contribution in [0, 0.1) is 5.82 Å². The summed E-state index contributed by atoms with van der Waals surface area (Å²) >= 11 is 3.13. The molecule has 5 heteroatoms. The van der Waals surface area contributed by atoms with Crippen LogP contribution in [0.4, 0.5) is 4.39 Å². The SMILES string of the molecule is CCOC(=O)Cc1cc(F)c(O)cc1Br. The molecule has 0 fully saturated rings. The lowest BCUT2D eigenvalue weighted by molar-refractivity contribution is -0.142. The van der Waals surface area contributed by atoms with Gasteiger partial charge in [-0.05, 0) is 24.6 Å². The number of hydrogen-bond acceptors (Lipinski definition) is 3. The van der Waals surface area contributed by atoms with Gasteiger partial charge in [0.1, 0.15) is 0 Å². The summed E-state index contributed by atoms with van der Waals surface area (Å²) in [5.74, 6) is -1.63. The summed E-state index contributed by atoms with van der Waals surface area (Å²) in [6.45, 7) is 1.99. The van der Waals surface area contributed by atoms with Crippen molar-refractivity contribution in [1.29, 1.82) is 0 Å². The van der Waals surface area contributed by atoms with E-state index < -0.39 is 17.5 Å². The number of phenols is 1. The average molecular weight is 277 g/mol. The highest BCUT2D eigenvalue weighted by atomic mass is 79.9. The standard InChI is InChI=1S/C10H10BrFO3/c1-2-15-10(14)4-6-3-8(12)9(13)5-7(6)11/h3,5,13H,2,4H2,1H3. The summed E-state index contributed by atoms with van der Waals surface area (Å²) in [4.78, 5) is 11.1. The van der Waals surface area contributed by atoms with Gasteiger partial charge in [-0.15, -0.1) is 0 Å². The molecule has 1 aromatic rings. The normalized spacial score (nSPS) is 10.1. The molecule has 15 heavy (non-hydrogen) atoms. The first-order valence-corrected chi connectivity index (χ1v) is 5.16.